The lowest BCUT2D eigenvalue weighted by atomic mass is 9.97. The Hall–Kier alpha value is -2.72. The van der Waals surface area contributed by atoms with Crippen molar-refractivity contribution in [3.8, 4) is 10.7 Å². The monoisotopic (exact) mass is 436 g/mol. The number of carbonyl (C=O) groups is 1. The van der Waals surface area contributed by atoms with Gasteiger partial charge in [-0.05, 0) is 49.5 Å². The van der Waals surface area contributed by atoms with Gasteiger partial charge in [0.15, 0.2) is 0 Å². The van der Waals surface area contributed by atoms with Crippen LogP contribution in [0.5, 0.6) is 0 Å². The molecule has 1 aliphatic heterocycles. The van der Waals surface area contributed by atoms with Crippen molar-refractivity contribution >= 4 is 22.9 Å². The molecule has 1 fully saturated rings. The summed E-state index contributed by atoms with van der Waals surface area (Å²) in [5.74, 6) is 0.797. The Kier molecular flexibility index (Phi) is 5.87. The van der Waals surface area contributed by atoms with E-state index in [1.807, 2.05) is 22.4 Å². The van der Waals surface area contributed by atoms with Crippen molar-refractivity contribution in [3.05, 3.63) is 53.2 Å². The van der Waals surface area contributed by atoms with Gasteiger partial charge in [-0.1, -0.05) is 23.4 Å². The zero-order valence-corrected chi connectivity index (χ0v) is 16.7. The van der Waals surface area contributed by atoms with Gasteiger partial charge in [0.25, 0.3) is 0 Å². The third-order valence-corrected chi connectivity index (χ3v) is 5.86. The Morgan fingerprint density at radius 3 is 2.67 bits per heavy atom. The molecule has 3 aromatic rings. The van der Waals surface area contributed by atoms with Crippen LogP contribution in [0.4, 0.5) is 18.9 Å². The number of hydrogen-bond donors (Lipinski definition) is 1. The molecule has 6 nitrogen and oxygen atoms in total. The lowest BCUT2D eigenvalue weighted by molar-refractivity contribution is -0.137. The van der Waals surface area contributed by atoms with E-state index in [-0.39, 0.29) is 18.2 Å². The van der Waals surface area contributed by atoms with Crippen molar-refractivity contribution in [1.82, 2.24) is 15.0 Å². The number of likely N-dealkylation sites (tertiary alicyclic amines) is 1. The van der Waals surface area contributed by atoms with Crippen LogP contribution in [0.1, 0.15) is 30.2 Å². The first-order chi connectivity index (χ1) is 14.4. The number of anilines is 1. The number of amides is 1. The summed E-state index contributed by atoms with van der Waals surface area (Å²) in [7, 11) is 0. The molecule has 0 atom stereocenters. The molecule has 1 N–H and O–H groups in total. The van der Waals surface area contributed by atoms with E-state index in [1.165, 1.54) is 29.5 Å². The number of piperidine rings is 1. The van der Waals surface area contributed by atoms with E-state index in [4.69, 9.17) is 4.52 Å². The van der Waals surface area contributed by atoms with E-state index in [0.29, 0.717) is 24.8 Å². The van der Waals surface area contributed by atoms with Gasteiger partial charge in [0.2, 0.25) is 17.6 Å². The van der Waals surface area contributed by atoms with Gasteiger partial charge in [-0.2, -0.15) is 18.2 Å². The number of aromatic nitrogens is 2. The molecule has 0 aliphatic carbocycles. The van der Waals surface area contributed by atoms with Crippen LogP contribution in [-0.2, 0) is 11.0 Å². The minimum atomic E-state index is -4.52. The van der Waals surface area contributed by atoms with Gasteiger partial charge in [-0.25, -0.2) is 0 Å². The maximum Gasteiger partial charge on any atom is 0.418 e. The number of nitrogens with one attached hydrogen (secondary N) is 1. The molecule has 0 saturated carbocycles. The van der Waals surface area contributed by atoms with Gasteiger partial charge in [0, 0.05) is 5.92 Å². The van der Waals surface area contributed by atoms with Gasteiger partial charge in [-0.15, -0.1) is 11.3 Å². The molecular weight excluding hydrogens is 417 g/mol. The van der Waals surface area contributed by atoms with Crippen molar-refractivity contribution in [2.75, 3.05) is 25.0 Å². The van der Waals surface area contributed by atoms with E-state index in [2.05, 4.69) is 15.5 Å². The smallest absolute Gasteiger partial charge is 0.339 e. The number of carbonyl (C=O) groups excluding carboxylic acids is 1. The highest BCUT2D eigenvalue weighted by Crippen LogP contribution is 2.34. The zero-order chi connectivity index (χ0) is 21.1. The molecule has 30 heavy (non-hydrogen) atoms. The Labute approximate surface area is 174 Å². The summed E-state index contributed by atoms with van der Waals surface area (Å²) >= 11 is 1.54. The number of rotatable bonds is 5. The molecule has 2 aromatic heterocycles. The average molecular weight is 436 g/mol. The maximum atomic E-state index is 13.1. The molecule has 0 radical (unpaired) electrons. The van der Waals surface area contributed by atoms with Crippen molar-refractivity contribution in [2.24, 2.45) is 0 Å². The SMILES string of the molecule is O=C(CN1CCC(c2nc(-c3cccs3)no2)CC1)Nc1ccccc1C(F)(F)F. The summed E-state index contributed by atoms with van der Waals surface area (Å²) in [5, 5.41) is 8.36. The van der Waals surface area contributed by atoms with Crippen LogP contribution in [0.2, 0.25) is 0 Å². The van der Waals surface area contributed by atoms with Crippen LogP contribution in [0.25, 0.3) is 10.7 Å². The Balaban J connectivity index is 1.31. The number of halogens is 3. The van der Waals surface area contributed by atoms with Crippen LogP contribution in [0, 0.1) is 0 Å². The van der Waals surface area contributed by atoms with E-state index in [9.17, 15) is 18.0 Å². The van der Waals surface area contributed by atoms with Crippen LogP contribution in [0.15, 0.2) is 46.3 Å². The molecule has 0 bridgehead atoms. The summed E-state index contributed by atoms with van der Waals surface area (Å²) in [6, 6.07) is 8.82. The fourth-order valence-corrected chi connectivity index (χ4v) is 4.13. The second kappa shape index (κ2) is 8.57. The summed E-state index contributed by atoms with van der Waals surface area (Å²) in [6.07, 6.45) is -3.05. The minimum Gasteiger partial charge on any atom is -0.339 e. The third-order valence-electron chi connectivity index (χ3n) is 4.99. The number of hydrogen-bond acceptors (Lipinski definition) is 6. The normalized spacial score (nSPS) is 16.0. The van der Waals surface area contributed by atoms with Crippen molar-refractivity contribution in [1.29, 1.82) is 0 Å². The van der Waals surface area contributed by atoms with E-state index in [0.717, 1.165) is 23.8 Å². The fourth-order valence-electron chi connectivity index (χ4n) is 3.48. The van der Waals surface area contributed by atoms with E-state index in [1.54, 1.807) is 0 Å². The summed E-state index contributed by atoms with van der Waals surface area (Å²) in [4.78, 5) is 19.6. The van der Waals surface area contributed by atoms with Gasteiger partial charge in [0.05, 0.1) is 22.7 Å². The molecule has 1 amide bonds. The Morgan fingerprint density at radius 1 is 1.20 bits per heavy atom. The van der Waals surface area contributed by atoms with Crippen LogP contribution < -0.4 is 5.32 Å². The number of alkyl halides is 3. The number of para-hydroxylation sites is 1. The lowest BCUT2D eigenvalue weighted by Crippen LogP contribution is -2.39. The predicted molar refractivity (Wildman–Crippen MR) is 106 cm³/mol. The average Bonchev–Trinajstić information content (AvgIpc) is 3.40. The molecule has 4 rings (SSSR count). The first kappa shape index (κ1) is 20.5. The number of nitrogens with zero attached hydrogens (tertiary/aromatic N) is 3. The minimum absolute atomic E-state index is 0.0309. The molecule has 0 unspecified atom stereocenters. The number of thiophene rings is 1. The van der Waals surface area contributed by atoms with Gasteiger partial charge >= 0.3 is 6.18 Å². The van der Waals surface area contributed by atoms with Crippen LogP contribution >= 0.6 is 11.3 Å². The van der Waals surface area contributed by atoms with Crippen molar-refractivity contribution in [3.63, 3.8) is 0 Å². The van der Waals surface area contributed by atoms with Crippen molar-refractivity contribution < 1.29 is 22.5 Å². The molecule has 3 heterocycles. The van der Waals surface area contributed by atoms with Crippen molar-refractivity contribution in [2.45, 2.75) is 24.9 Å². The quantitative estimate of drug-likeness (QED) is 0.631. The van der Waals surface area contributed by atoms with E-state index >= 15 is 0 Å². The molecule has 1 aliphatic rings. The van der Waals surface area contributed by atoms with Gasteiger partial charge in [0.1, 0.15) is 0 Å². The molecule has 1 saturated heterocycles. The Morgan fingerprint density at radius 2 is 1.97 bits per heavy atom. The highest BCUT2D eigenvalue weighted by Gasteiger charge is 2.34. The van der Waals surface area contributed by atoms with Crippen LogP contribution in [0.3, 0.4) is 0 Å². The maximum absolute atomic E-state index is 13.1. The largest absolute Gasteiger partial charge is 0.418 e. The second-order valence-electron chi connectivity index (χ2n) is 7.08. The topological polar surface area (TPSA) is 71.3 Å². The Bertz CT molecular complexity index is 996. The molecule has 158 valence electrons. The highest BCUT2D eigenvalue weighted by atomic mass is 32.1. The predicted octanol–water partition coefficient (Wildman–Crippen LogP) is 4.64. The summed E-state index contributed by atoms with van der Waals surface area (Å²) < 4.78 is 44.6. The second-order valence-corrected chi connectivity index (χ2v) is 8.02. The summed E-state index contributed by atoms with van der Waals surface area (Å²) in [5.41, 5.74) is -1.08. The lowest BCUT2D eigenvalue weighted by Gasteiger charge is -2.29. The van der Waals surface area contributed by atoms with Gasteiger partial charge < -0.3 is 9.84 Å². The first-order valence-electron chi connectivity index (χ1n) is 9.46. The first-order valence-corrected chi connectivity index (χ1v) is 10.3. The zero-order valence-electron chi connectivity index (χ0n) is 15.9. The molecule has 1 aromatic carbocycles. The third kappa shape index (κ3) is 4.71. The molecule has 10 heteroatoms. The van der Waals surface area contributed by atoms with E-state index < -0.39 is 17.6 Å². The summed E-state index contributed by atoms with van der Waals surface area (Å²) in [6.45, 7) is 1.27. The molecule has 0 spiro atoms. The fraction of sp³-hybridized carbons (Fsp3) is 0.350. The number of benzene rings is 1. The van der Waals surface area contributed by atoms with Crippen LogP contribution in [-0.4, -0.2) is 40.6 Å². The standard InChI is InChI=1S/C20H19F3N4O2S/c21-20(22,23)14-4-1-2-5-15(14)24-17(28)12-27-9-7-13(8-10-27)19-25-18(26-29-19)16-6-3-11-30-16/h1-6,11,13H,7-10,12H2,(H,24,28). The van der Waals surface area contributed by atoms with Gasteiger partial charge in [-0.3, -0.25) is 9.69 Å². The highest BCUT2D eigenvalue weighted by molar-refractivity contribution is 7.13. The molecular formula is C20H19F3N4O2S.